The number of aromatic nitrogens is 3. The van der Waals surface area contributed by atoms with E-state index in [0.717, 1.165) is 12.5 Å². The predicted molar refractivity (Wildman–Crippen MR) is 70.7 cm³/mol. The zero-order chi connectivity index (χ0) is 15.5. The molecular weight excluding hydrogens is 310 g/mol. The van der Waals surface area contributed by atoms with Crippen LogP contribution in [0.4, 0.5) is 0 Å². The van der Waals surface area contributed by atoms with E-state index >= 15 is 0 Å². The van der Waals surface area contributed by atoms with Crippen molar-refractivity contribution in [2.45, 2.75) is 12.8 Å². The second-order valence-corrected chi connectivity index (χ2v) is 6.86. The molecule has 0 saturated heterocycles. The van der Waals surface area contributed by atoms with E-state index in [9.17, 15) is 16.8 Å². The van der Waals surface area contributed by atoms with Gasteiger partial charge in [0.05, 0.1) is 38.1 Å². The minimum Gasteiger partial charge on any atom is -0.270 e. The van der Waals surface area contributed by atoms with Crippen LogP contribution < -0.4 is 0 Å². The minimum absolute atomic E-state index is 0.0476. The first-order valence-corrected chi connectivity index (χ1v) is 9.11. The van der Waals surface area contributed by atoms with Crippen LogP contribution in [0.25, 0.3) is 0 Å². The van der Waals surface area contributed by atoms with Crippen LogP contribution in [0.15, 0.2) is 18.5 Å². The third kappa shape index (κ3) is 16.8. The molecule has 0 aliphatic carbocycles. The first kappa shape index (κ1) is 18.8. The van der Waals surface area contributed by atoms with Gasteiger partial charge in [0.25, 0.3) is 20.2 Å². The first-order chi connectivity index (χ1) is 9.21. The van der Waals surface area contributed by atoms with E-state index < -0.39 is 20.2 Å². The van der Waals surface area contributed by atoms with E-state index in [1.54, 1.807) is 18.5 Å². The van der Waals surface area contributed by atoms with Gasteiger partial charge in [-0.05, 0) is 24.1 Å². The third-order valence-corrected chi connectivity index (χ3v) is 2.73. The molecule has 0 amide bonds. The maximum absolute atomic E-state index is 10.5. The van der Waals surface area contributed by atoms with E-state index in [4.69, 9.17) is 0 Å². The van der Waals surface area contributed by atoms with Crippen molar-refractivity contribution in [3.63, 3.8) is 0 Å². The van der Waals surface area contributed by atoms with Crippen molar-refractivity contribution < 1.29 is 25.2 Å². The summed E-state index contributed by atoms with van der Waals surface area (Å²) in [7, 11) is -6.80. The average Bonchev–Trinajstić information content (AvgIpc) is 2.34. The summed E-state index contributed by atoms with van der Waals surface area (Å²) in [6.07, 6.45) is 5.94. The molecule has 0 atom stereocenters. The van der Waals surface area contributed by atoms with Crippen LogP contribution in [0.1, 0.15) is 12.8 Å². The van der Waals surface area contributed by atoms with Crippen molar-refractivity contribution in [3.05, 3.63) is 18.5 Å². The van der Waals surface area contributed by atoms with Gasteiger partial charge in [-0.15, -0.1) is 10.2 Å². The molecule has 20 heavy (non-hydrogen) atoms. The molecule has 1 aromatic rings. The molecule has 0 N–H and O–H groups in total. The van der Waals surface area contributed by atoms with Crippen LogP contribution in [0.5, 0.6) is 0 Å². The molecule has 1 heterocycles. The summed E-state index contributed by atoms with van der Waals surface area (Å²) in [6.45, 7) is 0.0951. The van der Waals surface area contributed by atoms with Gasteiger partial charge in [0.2, 0.25) is 0 Å². The Morgan fingerprint density at radius 2 is 1.25 bits per heavy atom. The molecular formula is C9H17N3O6S2. The van der Waals surface area contributed by atoms with E-state index in [1.165, 1.54) is 0 Å². The summed E-state index contributed by atoms with van der Waals surface area (Å²) in [5.74, 6) is 0. The van der Waals surface area contributed by atoms with E-state index in [-0.39, 0.29) is 13.2 Å². The summed E-state index contributed by atoms with van der Waals surface area (Å²) in [6, 6.07) is 1.72. The van der Waals surface area contributed by atoms with E-state index in [2.05, 4.69) is 23.8 Å². The summed E-state index contributed by atoms with van der Waals surface area (Å²) in [4.78, 5) is 0. The zero-order valence-electron chi connectivity index (χ0n) is 11.2. The number of unbranched alkanes of at least 4 members (excludes halogenated alkanes) is 1. The number of rotatable bonds is 7. The van der Waals surface area contributed by atoms with Crippen LogP contribution in [-0.2, 0) is 28.6 Å². The van der Waals surface area contributed by atoms with Crippen LogP contribution in [0.3, 0.4) is 0 Å². The molecule has 0 aliphatic heterocycles. The van der Waals surface area contributed by atoms with Crippen molar-refractivity contribution in [2.75, 3.05) is 25.7 Å². The normalized spacial score (nSPS) is 11.5. The van der Waals surface area contributed by atoms with Crippen LogP contribution in [-0.4, -0.2) is 58.0 Å². The topological polar surface area (TPSA) is 125 Å². The monoisotopic (exact) mass is 327 g/mol. The molecule has 0 radical (unpaired) electrons. The summed E-state index contributed by atoms with van der Waals surface area (Å²) >= 11 is 0. The number of hydrogen-bond donors (Lipinski definition) is 0. The quantitative estimate of drug-likeness (QED) is 0.485. The largest absolute Gasteiger partial charge is 0.270 e. The lowest BCUT2D eigenvalue weighted by Gasteiger charge is -2.01. The Labute approximate surface area is 118 Å². The molecule has 0 aliphatic rings. The SMILES string of the molecule is CS(=O)(=O)OCCCCOS(C)(=O)=O.c1cnnnc1. The van der Waals surface area contributed by atoms with Crippen molar-refractivity contribution in [3.8, 4) is 0 Å². The standard InChI is InChI=1S/C6H14O6S2.C3H3N3/c1-13(7,8)11-5-3-4-6-12-14(2,9)10;1-2-4-6-5-3-1/h3-6H2,1-2H3;1-3H. The third-order valence-electron chi connectivity index (χ3n) is 1.54. The Morgan fingerprint density at radius 1 is 0.850 bits per heavy atom. The van der Waals surface area contributed by atoms with Gasteiger partial charge in [-0.1, -0.05) is 0 Å². The maximum Gasteiger partial charge on any atom is 0.264 e. The van der Waals surface area contributed by atoms with Gasteiger partial charge in [-0.3, -0.25) is 8.37 Å². The fraction of sp³-hybridized carbons (Fsp3) is 0.667. The van der Waals surface area contributed by atoms with Gasteiger partial charge in [0, 0.05) is 0 Å². The van der Waals surface area contributed by atoms with E-state index in [0.29, 0.717) is 12.8 Å². The van der Waals surface area contributed by atoms with Crippen molar-refractivity contribution >= 4 is 20.2 Å². The molecule has 0 unspecified atom stereocenters. The Balaban J connectivity index is 0.000000493. The molecule has 1 aromatic heterocycles. The fourth-order valence-electron chi connectivity index (χ4n) is 0.830. The van der Waals surface area contributed by atoms with Gasteiger partial charge in [-0.2, -0.15) is 16.8 Å². The Bertz CT molecular complexity index is 484. The second kappa shape index (κ2) is 9.69. The average molecular weight is 327 g/mol. The molecule has 0 fully saturated rings. The summed E-state index contributed by atoms with van der Waals surface area (Å²) in [5.41, 5.74) is 0. The molecule has 0 aromatic carbocycles. The lowest BCUT2D eigenvalue weighted by atomic mass is 10.3. The van der Waals surface area contributed by atoms with Crippen LogP contribution in [0, 0.1) is 0 Å². The van der Waals surface area contributed by atoms with Crippen molar-refractivity contribution in [1.29, 1.82) is 0 Å². The minimum atomic E-state index is -3.40. The highest BCUT2D eigenvalue weighted by atomic mass is 32.2. The zero-order valence-corrected chi connectivity index (χ0v) is 12.8. The highest BCUT2D eigenvalue weighted by Crippen LogP contribution is 1.96. The molecule has 0 spiro atoms. The summed E-state index contributed by atoms with van der Waals surface area (Å²) in [5, 5.41) is 10.1. The van der Waals surface area contributed by atoms with Crippen molar-refractivity contribution in [2.24, 2.45) is 0 Å². The van der Waals surface area contributed by atoms with Gasteiger partial charge in [0.1, 0.15) is 0 Å². The van der Waals surface area contributed by atoms with E-state index in [1.807, 2.05) is 0 Å². The highest BCUT2D eigenvalue weighted by molar-refractivity contribution is 7.86. The molecule has 1 rings (SSSR count). The van der Waals surface area contributed by atoms with Gasteiger partial charge < -0.3 is 0 Å². The molecule has 0 saturated carbocycles. The Hall–Kier alpha value is -1.17. The van der Waals surface area contributed by atoms with Gasteiger partial charge in [0.15, 0.2) is 0 Å². The maximum atomic E-state index is 10.5. The summed E-state index contributed by atoms with van der Waals surface area (Å²) < 4.78 is 50.8. The predicted octanol–water partition coefficient (Wildman–Crippen LogP) is -0.409. The smallest absolute Gasteiger partial charge is 0.264 e. The number of nitrogens with zero attached hydrogens (tertiary/aromatic N) is 3. The molecule has 11 heteroatoms. The van der Waals surface area contributed by atoms with Gasteiger partial charge in [-0.25, -0.2) is 0 Å². The fourth-order valence-corrected chi connectivity index (χ4v) is 1.67. The molecule has 9 nitrogen and oxygen atoms in total. The second-order valence-electron chi connectivity index (χ2n) is 3.57. The first-order valence-electron chi connectivity index (χ1n) is 5.48. The number of hydrogen-bond acceptors (Lipinski definition) is 9. The Morgan fingerprint density at radius 3 is 1.45 bits per heavy atom. The Kier molecular flexibility index (Phi) is 9.12. The lowest BCUT2D eigenvalue weighted by molar-refractivity contribution is 0.273. The lowest BCUT2D eigenvalue weighted by Crippen LogP contribution is -2.07. The van der Waals surface area contributed by atoms with Gasteiger partial charge >= 0.3 is 0 Å². The van der Waals surface area contributed by atoms with Crippen LogP contribution in [0.2, 0.25) is 0 Å². The molecule has 116 valence electrons. The van der Waals surface area contributed by atoms with Crippen LogP contribution >= 0.6 is 0 Å². The highest BCUT2D eigenvalue weighted by Gasteiger charge is 2.02. The molecule has 0 bridgehead atoms. The van der Waals surface area contributed by atoms with Crippen molar-refractivity contribution in [1.82, 2.24) is 15.4 Å².